The molecule has 2 unspecified atom stereocenters. The van der Waals surface area contributed by atoms with E-state index in [1.807, 2.05) is 60.7 Å². The van der Waals surface area contributed by atoms with Gasteiger partial charge in [0.1, 0.15) is 12.6 Å². The highest BCUT2D eigenvalue weighted by molar-refractivity contribution is 8.02. The molecule has 0 saturated carbocycles. The van der Waals surface area contributed by atoms with Crippen molar-refractivity contribution < 1.29 is 24.2 Å². The van der Waals surface area contributed by atoms with E-state index in [0.717, 1.165) is 17.5 Å². The number of benzene rings is 2. The topological polar surface area (TPSA) is 87.1 Å². The van der Waals surface area contributed by atoms with Crippen molar-refractivity contribution in [1.82, 2.24) is 9.80 Å². The van der Waals surface area contributed by atoms with Gasteiger partial charge in [-0.1, -0.05) is 79.4 Å². The molecule has 204 valence electrons. The second-order valence-electron chi connectivity index (χ2n) is 10.3. The van der Waals surface area contributed by atoms with Gasteiger partial charge in [-0.2, -0.15) is 0 Å². The van der Waals surface area contributed by atoms with E-state index in [4.69, 9.17) is 4.74 Å². The lowest BCUT2D eigenvalue weighted by atomic mass is 9.71. The minimum atomic E-state index is -0.844. The summed E-state index contributed by atoms with van der Waals surface area (Å²) in [6.07, 6.45) is 4.55. The Morgan fingerprint density at radius 2 is 1.82 bits per heavy atom. The van der Waals surface area contributed by atoms with Gasteiger partial charge in [0.15, 0.2) is 0 Å². The third-order valence-electron chi connectivity index (χ3n) is 8.16. The molecule has 3 fully saturated rings. The largest absolute Gasteiger partial charge is 0.461 e. The Balaban J connectivity index is 1.59. The molecule has 2 aromatic rings. The van der Waals surface area contributed by atoms with Gasteiger partial charge in [0.05, 0.1) is 29.2 Å². The Kier molecular flexibility index (Phi) is 7.96. The summed E-state index contributed by atoms with van der Waals surface area (Å²) in [6.45, 7) is 7.89. The fraction of sp³-hybridized carbons (Fsp3) is 0.387. The van der Waals surface area contributed by atoms with Crippen LogP contribution in [-0.2, 0) is 25.7 Å². The molecule has 3 heterocycles. The Labute approximate surface area is 233 Å². The van der Waals surface area contributed by atoms with Crippen LogP contribution in [0.25, 0.3) is 0 Å². The van der Waals surface area contributed by atoms with Gasteiger partial charge in [-0.25, -0.2) is 0 Å². The molecule has 0 aromatic heterocycles. The minimum absolute atomic E-state index is 0.0696. The summed E-state index contributed by atoms with van der Waals surface area (Å²) in [5, 5.41) is 10.5. The van der Waals surface area contributed by atoms with Crippen molar-refractivity contribution in [2.75, 3.05) is 19.8 Å². The number of thioether (sulfide) groups is 1. The first-order chi connectivity index (χ1) is 19.0. The van der Waals surface area contributed by atoms with Crippen molar-refractivity contribution in [3.63, 3.8) is 0 Å². The molecule has 1 N–H and O–H groups in total. The Hall–Kier alpha value is -3.36. The van der Waals surface area contributed by atoms with Crippen molar-refractivity contribution in [2.45, 2.75) is 41.5 Å². The molecule has 2 bridgehead atoms. The monoisotopic (exact) mass is 546 g/mol. The molecule has 39 heavy (non-hydrogen) atoms. The quantitative estimate of drug-likeness (QED) is 0.341. The Bertz CT molecular complexity index is 1240. The van der Waals surface area contributed by atoms with Crippen LogP contribution in [0.2, 0.25) is 0 Å². The van der Waals surface area contributed by atoms with Gasteiger partial charge >= 0.3 is 5.97 Å². The van der Waals surface area contributed by atoms with Crippen LogP contribution in [-0.4, -0.2) is 68.5 Å². The summed E-state index contributed by atoms with van der Waals surface area (Å²) >= 11 is 1.58. The number of carbonyl (C=O) groups is 3. The maximum Gasteiger partial charge on any atom is 0.311 e. The zero-order chi connectivity index (χ0) is 27.6. The van der Waals surface area contributed by atoms with Gasteiger partial charge in [0.25, 0.3) is 0 Å². The number of fused-ring (bicyclic) bond motifs is 1. The number of hydrogen-bond acceptors (Lipinski definition) is 6. The highest BCUT2D eigenvalue weighted by Crippen LogP contribution is 2.67. The molecule has 2 amide bonds. The molecule has 0 aliphatic carbocycles. The first-order valence-corrected chi connectivity index (χ1v) is 14.2. The van der Waals surface area contributed by atoms with Crippen LogP contribution in [0.3, 0.4) is 0 Å². The van der Waals surface area contributed by atoms with E-state index < -0.39 is 34.6 Å². The predicted molar refractivity (Wildman–Crippen MR) is 150 cm³/mol. The fourth-order valence-corrected chi connectivity index (χ4v) is 8.79. The number of rotatable bonds is 11. The average molecular weight is 547 g/mol. The van der Waals surface area contributed by atoms with Gasteiger partial charge < -0.3 is 19.6 Å². The molecule has 5 rings (SSSR count). The average Bonchev–Trinajstić information content (AvgIpc) is 3.60. The van der Waals surface area contributed by atoms with E-state index in [1.165, 1.54) is 6.08 Å². The second kappa shape index (κ2) is 11.4. The number of aliphatic hydroxyl groups is 1. The Morgan fingerprint density at radius 3 is 2.46 bits per heavy atom. The van der Waals surface area contributed by atoms with E-state index in [-0.39, 0.29) is 30.3 Å². The zero-order valence-corrected chi connectivity index (χ0v) is 22.7. The molecule has 8 heteroatoms. The lowest BCUT2D eigenvalue weighted by Crippen LogP contribution is -2.55. The number of esters is 1. The molecular weight excluding hydrogens is 512 g/mol. The van der Waals surface area contributed by atoms with Crippen molar-refractivity contribution in [3.05, 3.63) is 97.1 Å². The number of nitrogens with zero attached hydrogens (tertiary/aromatic N) is 2. The van der Waals surface area contributed by atoms with E-state index in [2.05, 4.69) is 13.2 Å². The summed E-state index contributed by atoms with van der Waals surface area (Å²) in [5.41, 5.74) is 1.71. The zero-order valence-electron chi connectivity index (χ0n) is 21.9. The highest BCUT2D eigenvalue weighted by atomic mass is 32.2. The van der Waals surface area contributed by atoms with Crippen molar-refractivity contribution in [3.8, 4) is 0 Å². The number of hydrogen-bond donors (Lipinski definition) is 1. The van der Waals surface area contributed by atoms with Crippen LogP contribution >= 0.6 is 11.8 Å². The molecular formula is C31H34N2O5S. The van der Waals surface area contributed by atoms with E-state index in [0.29, 0.717) is 19.5 Å². The number of likely N-dealkylation sites (tertiary alicyclic amines) is 1. The van der Waals surface area contributed by atoms with Gasteiger partial charge in [-0.15, -0.1) is 18.3 Å². The van der Waals surface area contributed by atoms with Crippen LogP contribution in [0.1, 0.15) is 30.0 Å². The lowest BCUT2D eigenvalue weighted by Gasteiger charge is -2.39. The van der Waals surface area contributed by atoms with E-state index >= 15 is 0 Å². The fourth-order valence-electron chi connectivity index (χ4n) is 6.61. The van der Waals surface area contributed by atoms with Crippen LogP contribution in [0, 0.1) is 11.8 Å². The second-order valence-corrected chi connectivity index (χ2v) is 11.9. The SMILES string of the molecule is C=CCOC(=O)[C@@H]1[C@H]2C(=O)N([C@H](CO)c3ccccc3)C(C(=O)N(CC=C)Cc3ccccc3)C23CC[C@H]1S3. The van der Waals surface area contributed by atoms with Gasteiger partial charge in [0.2, 0.25) is 11.8 Å². The third kappa shape index (κ3) is 4.70. The molecule has 0 radical (unpaired) electrons. The van der Waals surface area contributed by atoms with Gasteiger partial charge in [-0.05, 0) is 24.0 Å². The number of ether oxygens (including phenoxy) is 1. The molecule has 3 saturated heterocycles. The van der Waals surface area contributed by atoms with Crippen LogP contribution in [0.4, 0.5) is 0 Å². The number of amides is 2. The minimum Gasteiger partial charge on any atom is -0.461 e. The van der Waals surface area contributed by atoms with Crippen molar-refractivity contribution in [1.29, 1.82) is 0 Å². The predicted octanol–water partition coefficient (Wildman–Crippen LogP) is 3.76. The van der Waals surface area contributed by atoms with E-state index in [9.17, 15) is 19.5 Å². The van der Waals surface area contributed by atoms with Crippen molar-refractivity contribution >= 4 is 29.5 Å². The smallest absolute Gasteiger partial charge is 0.311 e. The third-order valence-corrected chi connectivity index (χ3v) is 10.1. The maximum atomic E-state index is 14.6. The normalized spacial score (nSPS) is 27.6. The molecule has 1 spiro atoms. The number of carbonyl (C=O) groups excluding carboxylic acids is 3. The molecule has 6 atom stereocenters. The summed E-state index contributed by atoms with van der Waals surface area (Å²) < 4.78 is 4.67. The molecule has 7 nitrogen and oxygen atoms in total. The van der Waals surface area contributed by atoms with Crippen molar-refractivity contribution in [2.24, 2.45) is 11.8 Å². The van der Waals surface area contributed by atoms with E-state index in [1.54, 1.807) is 27.6 Å². The standard InChI is InChI=1S/C31H34N2O5S/c1-3-17-32(19-21-11-7-5-8-12-21)29(36)27-31-16-15-24(39-31)25(30(37)38-18-4-2)26(31)28(35)33(27)23(20-34)22-13-9-6-10-14-22/h3-14,23-27,34H,1-2,15-20H2/t23-,24-,25+,26+,27?,31?/m1/s1. The first-order valence-electron chi connectivity index (χ1n) is 13.3. The first kappa shape index (κ1) is 27.2. The maximum absolute atomic E-state index is 14.6. The van der Waals surface area contributed by atoms with Crippen LogP contribution < -0.4 is 0 Å². The molecule has 2 aromatic carbocycles. The summed E-state index contributed by atoms with van der Waals surface area (Å²) in [7, 11) is 0. The lowest BCUT2D eigenvalue weighted by molar-refractivity contribution is -0.153. The molecule has 3 aliphatic rings. The Morgan fingerprint density at radius 1 is 1.13 bits per heavy atom. The highest BCUT2D eigenvalue weighted by Gasteiger charge is 2.74. The summed E-state index contributed by atoms with van der Waals surface area (Å²) in [6, 6.07) is 17.4. The van der Waals surface area contributed by atoms with Gasteiger partial charge in [-0.3, -0.25) is 14.4 Å². The summed E-state index contributed by atoms with van der Waals surface area (Å²) in [4.78, 5) is 45.5. The number of aliphatic hydroxyl groups excluding tert-OH is 1. The molecule has 3 aliphatic heterocycles. The summed E-state index contributed by atoms with van der Waals surface area (Å²) in [5.74, 6) is -2.24. The van der Waals surface area contributed by atoms with Crippen LogP contribution in [0.15, 0.2) is 86.0 Å². The van der Waals surface area contributed by atoms with Crippen LogP contribution in [0.5, 0.6) is 0 Å². The van der Waals surface area contributed by atoms with Gasteiger partial charge in [0, 0.05) is 18.3 Å².